The van der Waals surface area contributed by atoms with Gasteiger partial charge in [-0.2, -0.15) is 0 Å². The maximum Gasteiger partial charge on any atom is 0.317 e. The highest BCUT2D eigenvalue weighted by Crippen LogP contribution is 2.21. The number of likely N-dealkylation sites (tertiary alicyclic amines) is 1. The van der Waals surface area contributed by atoms with Crippen LogP contribution in [0, 0.1) is 6.92 Å². The van der Waals surface area contributed by atoms with E-state index in [0.29, 0.717) is 12.6 Å². The molecule has 2 aromatic carbocycles. The Morgan fingerprint density at radius 2 is 2.00 bits per heavy atom. The van der Waals surface area contributed by atoms with Crippen LogP contribution >= 0.6 is 0 Å². The molecule has 0 spiro atoms. The fourth-order valence-electron chi connectivity index (χ4n) is 3.88. The van der Waals surface area contributed by atoms with Gasteiger partial charge in [0.25, 0.3) is 0 Å². The number of amides is 2. The zero-order chi connectivity index (χ0) is 18.6. The van der Waals surface area contributed by atoms with Crippen molar-refractivity contribution >= 4 is 17.1 Å². The minimum absolute atomic E-state index is 0.0500. The number of para-hydroxylation sites is 2. The Morgan fingerprint density at radius 1 is 1.19 bits per heavy atom. The minimum Gasteiger partial charge on any atom is -0.336 e. The molecule has 1 fully saturated rings. The molecule has 5 nitrogen and oxygen atoms in total. The SMILES string of the molecule is Cc1ccc(CC2CCCN2C(=O)NCCn2cnc3ccccc32)cc1. The van der Waals surface area contributed by atoms with E-state index < -0.39 is 0 Å². The van der Waals surface area contributed by atoms with Gasteiger partial charge in [-0.25, -0.2) is 9.78 Å². The van der Waals surface area contributed by atoms with Crippen molar-refractivity contribution in [1.82, 2.24) is 19.8 Å². The number of hydrogen-bond acceptors (Lipinski definition) is 2. The molecular weight excluding hydrogens is 336 g/mol. The quantitative estimate of drug-likeness (QED) is 0.751. The number of imidazole rings is 1. The van der Waals surface area contributed by atoms with Gasteiger partial charge in [-0.3, -0.25) is 0 Å². The predicted octanol–water partition coefficient (Wildman–Crippen LogP) is 3.76. The number of aryl methyl sites for hydroxylation is 1. The Morgan fingerprint density at radius 3 is 2.85 bits per heavy atom. The molecule has 3 aromatic rings. The summed E-state index contributed by atoms with van der Waals surface area (Å²) in [6.45, 7) is 4.27. The summed E-state index contributed by atoms with van der Waals surface area (Å²) < 4.78 is 2.09. The van der Waals surface area contributed by atoms with E-state index in [-0.39, 0.29) is 6.03 Å². The Bertz CT molecular complexity index is 915. The first-order valence-electron chi connectivity index (χ1n) is 9.70. The number of carbonyl (C=O) groups excluding carboxylic acids is 1. The van der Waals surface area contributed by atoms with Gasteiger partial charge in [-0.15, -0.1) is 0 Å². The Hall–Kier alpha value is -2.82. The second-order valence-corrected chi connectivity index (χ2v) is 7.34. The molecule has 0 radical (unpaired) electrons. The van der Waals surface area contributed by atoms with Crippen molar-refractivity contribution in [2.75, 3.05) is 13.1 Å². The van der Waals surface area contributed by atoms with Crippen LogP contribution < -0.4 is 5.32 Å². The molecule has 1 saturated heterocycles. The van der Waals surface area contributed by atoms with Crippen LogP contribution in [-0.2, 0) is 13.0 Å². The maximum atomic E-state index is 12.7. The van der Waals surface area contributed by atoms with Gasteiger partial charge >= 0.3 is 6.03 Å². The summed E-state index contributed by atoms with van der Waals surface area (Å²) in [5, 5.41) is 3.09. The molecule has 1 atom stereocenters. The van der Waals surface area contributed by atoms with Crippen LogP contribution in [0.25, 0.3) is 11.0 Å². The minimum atomic E-state index is 0.0500. The summed E-state index contributed by atoms with van der Waals surface area (Å²) in [6.07, 6.45) is 4.93. The van der Waals surface area contributed by atoms with Crippen LogP contribution in [0.2, 0.25) is 0 Å². The monoisotopic (exact) mass is 362 g/mol. The summed E-state index contributed by atoms with van der Waals surface area (Å²) in [5.41, 5.74) is 4.66. The number of benzene rings is 2. The molecule has 140 valence electrons. The van der Waals surface area contributed by atoms with E-state index in [9.17, 15) is 4.79 Å². The number of aromatic nitrogens is 2. The normalized spacial score (nSPS) is 16.8. The lowest BCUT2D eigenvalue weighted by atomic mass is 10.0. The highest BCUT2D eigenvalue weighted by molar-refractivity contribution is 5.76. The van der Waals surface area contributed by atoms with Gasteiger partial charge in [0.15, 0.2) is 0 Å². The average Bonchev–Trinajstić information content (AvgIpc) is 3.31. The second kappa shape index (κ2) is 7.82. The van der Waals surface area contributed by atoms with Crippen molar-refractivity contribution in [3.63, 3.8) is 0 Å². The molecule has 1 aliphatic rings. The summed E-state index contributed by atoms with van der Waals surface area (Å²) in [4.78, 5) is 19.1. The molecular formula is C22H26N4O. The Kier molecular flexibility index (Phi) is 5.10. The number of urea groups is 1. The van der Waals surface area contributed by atoms with Crippen LogP contribution in [0.5, 0.6) is 0 Å². The van der Waals surface area contributed by atoms with Gasteiger partial charge in [-0.05, 0) is 43.9 Å². The van der Waals surface area contributed by atoms with E-state index in [1.807, 2.05) is 29.4 Å². The van der Waals surface area contributed by atoms with Crippen molar-refractivity contribution in [3.8, 4) is 0 Å². The molecule has 0 aliphatic carbocycles. The Labute approximate surface area is 160 Å². The third-order valence-electron chi connectivity index (χ3n) is 5.39. The van der Waals surface area contributed by atoms with Gasteiger partial charge in [0.1, 0.15) is 0 Å². The maximum absolute atomic E-state index is 12.7. The molecule has 4 rings (SSSR count). The van der Waals surface area contributed by atoms with Gasteiger partial charge in [0.2, 0.25) is 0 Å². The van der Waals surface area contributed by atoms with E-state index in [0.717, 1.165) is 43.4 Å². The number of nitrogens with one attached hydrogen (secondary N) is 1. The molecule has 1 aromatic heterocycles. The van der Waals surface area contributed by atoms with E-state index in [2.05, 4.69) is 52.1 Å². The number of rotatable bonds is 5. The van der Waals surface area contributed by atoms with Gasteiger partial charge in [0.05, 0.1) is 17.4 Å². The van der Waals surface area contributed by atoms with E-state index >= 15 is 0 Å². The van der Waals surface area contributed by atoms with Crippen molar-refractivity contribution in [2.24, 2.45) is 0 Å². The van der Waals surface area contributed by atoms with Crippen molar-refractivity contribution in [3.05, 3.63) is 66.0 Å². The third-order valence-corrected chi connectivity index (χ3v) is 5.39. The number of nitrogens with zero attached hydrogens (tertiary/aromatic N) is 3. The lowest BCUT2D eigenvalue weighted by Crippen LogP contribution is -2.44. The average molecular weight is 362 g/mol. The molecule has 5 heteroatoms. The highest BCUT2D eigenvalue weighted by Gasteiger charge is 2.28. The topological polar surface area (TPSA) is 50.2 Å². The van der Waals surface area contributed by atoms with Crippen molar-refractivity contribution < 1.29 is 4.79 Å². The van der Waals surface area contributed by atoms with Crippen LogP contribution in [0.4, 0.5) is 4.79 Å². The van der Waals surface area contributed by atoms with Crippen molar-refractivity contribution in [1.29, 1.82) is 0 Å². The molecule has 2 amide bonds. The lowest BCUT2D eigenvalue weighted by Gasteiger charge is -2.25. The van der Waals surface area contributed by atoms with E-state index in [1.54, 1.807) is 0 Å². The molecule has 2 heterocycles. The lowest BCUT2D eigenvalue weighted by molar-refractivity contribution is 0.192. The molecule has 1 unspecified atom stereocenters. The summed E-state index contributed by atoms with van der Waals surface area (Å²) in [6, 6.07) is 17.0. The summed E-state index contributed by atoms with van der Waals surface area (Å²) in [7, 11) is 0. The smallest absolute Gasteiger partial charge is 0.317 e. The largest absolute Gasteiger partial charge is 0.336 e. The summed E-state index contributed by atoms with van der Waals surface area (Å²) in [5.74, 6) is 0. The van der Waals surface area contributed by atoms with Gasteiger partial charge in [0, 0.05) is 25.7 Å². The predicted molar refractivity (Wildman–Crippen MR) is 108 cm³/mol. The van der Waals surface area contributed by atoms with Crippen LogP contribution in [-0.4, -0.2) is 39.6 Å². The number of fused-ring (bicyclic) bond motifs is 1. The fraction of sp³-hybridized carbons (Fsp3) is 0.364. The standard InChI is InChI=1S/C22H26N4O/c1-17-8-10-18(11-9-17)15-19-5-4-13-26(19)22(27)23-12-14-25-16-24-20-6-2-3-7-21(20)25/h2-3,6-11,16,19H,4-5,12-15H2,1H3,(H,23,27). The molecule has 1 aliphatic heterocycles. The first kappa shape index (κ1) is 17.6. The number of hydrogen-bond donors (Lipinski definition) is 1. The first-order chi connectivity index (χ1) is 13.2. The van der Waals surface area contributed by atoms with Gasteiger partial charge in [-0.1, -0.05) is 42.0 Å². The zero-order valence-electron chi connectivity index (χ0n) is 15.8. The Balaban J connectivity index is 1.32. The summed E-state index contributed by atoms with van der Waals surface area (Å²) >= 11 is 0. The van der Waals surface area contributed by atoms with Crippen LogP contribution in [0.15, 0.2) is 54.9 Å². The molecule has 1 N–H and O–H groups in total. The van der Waals surface area contributed by atoms with Crippen LogP contribution in [0.3, 0.4) is 0 Å². The van der Waals surface area contributed by atoms with Gasteiger partial charge < -0.3 is 14.8 Å². The molecule has 0 saturated carbocycles. The third kappa shape index (κ3) is 3.97. The fourth-order valence-corrected chi connectivity index (χ4v) is 3.88. The number of carbonyl (C=O) groups is 1. The highest BCUT2D eigenvalue weighted by atomic mass is 16.2. The van der Waals surface area contributed by atoms with E-state index in [1.165, 1.54) is 11.1 Å². The van der Waals surface area contributed by atoms with Crippen LogP contribution in [0.1, 0.15) is 24.0 Å². The zero-order valence-corrected chi connectivity index (χ0v) is 15.8. The second-order valence-electron chi connectivity index (χ2n) is 7.34. The van der Waals surface area contributed by atoms with E-state index in [4.69, 9.17) is 0 Å². The molecule has 27 heavy (non-hydrogen) atoms. The molecule has 0 bridgehead atoms. The van der Waals surface area contributed by atoms with Crippen molar-refractivity contribution in [2.45, 2.75) is 38.8 Å². The first-order valence-corrected chi connectivity index (χ1v) is 9.70.